The molecule has 0 atom stereocenters. The molecule has 2 amide bonds. The van der Waals surface area contributed by atoms with E-state index in [-0.39, 0.29) is 30.8 Å². The van der Waals surface area contributed by atoms with Gasteiger partial charge in [-0.3, -0.25) is 9.59 Å². The Bertz CT molecular complexity index is 992. The van der Waals surface area contributed by atoms with Crippen LogP contribution in [-0.2, 0) is 11.3 Å². The second kappa shape index (κ2) is 10.8. The fraction of sp³-hybridized carbons (Fsp3) is 0.136. The highest BCUT2D eigenvalue weighted by Gasteiger charge is 2.14. The van der Waals surface area contributed by atoms with Crippen LogP contribution >= 0.6 is 0 Å². The fourth-order valence-electron chi connectivity index (χ4n) is 2.67. The van der Waals surface area contributed by atoms with Gasteiger partial charge in [-0.2, -0.15) is 4.57 Å². The van der Waals surface area contributed by atoms with Crippen LogP contribution < -0.4 is 37.1 Å². The Balaban J connectivity index is 0.00000320. The van der Waals surface area contributed by atoms with Gasteiger partial charge < -0.3 is 32.5 Å². The second-order valence-electron chi connectivity index (χ2n) is 6.22. The number of nitrogens with zero attached hydrogens (tertiary/aromatic N) is 1. The number of anilines is 2. The molecule has 1 aromatic heterocycles. The van der Waals surface area contributed by atoms with Crippen LogP contribution in [0.5, 0.6) is 11.5 Å². The van der Waals surface area contributed by atoms with Crippen molar-refractivity contribution in [1.82, 2.24) is 0 Å². The van der Waals surface area contributed by atoms with E-state index in [4.69, 9.17) is 9.47 Å². The minimum Gasteiger partial charge on any atom is -1.00 e. The summed E-state index contributed by atoms with van der Waals surface area (Å²) in [5, 5.41) is 5.63. The first kappa shape index (κ1) is 22.7. The van der Waals surface area contributed by atoms with E-state index in [2.05, 4.69) is 10.6 Å². The van der Waals surface area contributed by atoms with E-state index >= 15 is 0 Å². The van der Waals surface area contributed by atoms with Crippen LogP contribution in [-0.4, -0.2) is 26.0 Å². The molecule has 0 spiro atoms. The summed E-state index contributed by atoms with van der Waals surface area (Å²) in [4.78, 5) is 24.8. The summed E-state index contributed by atoms with van der Waals surface area (Å²) < 4.78 is 11.9. The molecule has 3 aromatic rings. The van der Waals surface area contributed by atoms with Gasteiger partial charge in [-0.05, 0) is 54.6 Å². The zero-order chi connectivity index (χ0) is 20.6. The van der Waals surface area contributed by atoms with Crippen LogP contribution in [0.15, 0.2) is 73.1 Å². The number of halogens is 1. The Morgan fingerprint density at radius 3 is 1.90 bits per heavy atom. The molecule has 30 heavy (non-hydrogen) atoms. The number of nitrogens with one attached hydrogen (secondary N) is 2. The third kappa shape index (κ3) is 6.22. The lowest BCUT2D eigenvalue weighted by Gasteiger charge is -2.07. The van der Waals surface area contributed by atoms with Crippen LogP contribution in [0, 0.1) is 0 Å². The largest absolute Gasteiger partial charge is 1.00 e. The number of methoxy groups -OCH3 is 2. The molecule has 3 rings (SSSR count). The zero-order valence-electron chi connectivity index (χ0n) is 16.6. The van der Waals surface area contributed by atoms with E-state index in [9.17, 15) is 9.59 Å². The van der Waals surface area contributed by atoms with Gasteiger partial charge in [0, 0.05) is 17.4 Å². The summed E-state index contributed by atoms with van der Waals surface area (Å²) in [5.41, 5.74) is 1.77. The van der Waals surface area contributed by atoms with Crippen LogP contribution in [0.2, 0.25) is 0 Å². The molecule has 0 saturated carbocycles. The summed E-state index contributed by atoms with van der Waals surface area (Å²) in [6.45, 7) is 0.0791. The molecule has 7 nitrogen and oxygen atoms in total. The van der Waals surface area contributed by atoms with E-state index in [1.54, 1.807) is 91.8 Å². The topological polar surface area (TPSA) is 80.5 Å². The third-order valence-corrected chi connectivity index (χ3v) is 4.17. The number of carbonyl (C=O) groups is 2. The Morgan fingerprint density at radius 1 is 0.833 bits per heavy atom. The van der Waals surface area contributed by atoms with E-state index in [1.807, 2.05) is 0 Å². The lowest BCUT2D eigenvalue weighted by molar-refractivity contribution is -0.684. The lowest BCUT2D eigenvalue weighted by Crippen LogP contribution is -3.00. The summed E-state index contributed by atoms with van der Waals surface area (Å²) in [6, 6.07) is 17.5. The van der Waals surface area contributed by atoms with Crippen molar-refractivity contribution in [2.45, 2.75) is 6.54 Å². The first-order valence-electron chi connectivity index (χ1n) is 8.96. The predicted octanol–water partition coefficient (Wildman–Crippen LogP) is -0.114. The van der Waals surface area contributed by atoms with Crippen LogP contribution in [0.1, 0.15) is 10.4 Å². The molecule has 2 N–H and O–H groups in total. The third-order valence-electron chi connectivity index (χ3n) is 4.17. The summed E-state index contributed by atoms with van der Waals surface area (Å²) in [5.74, 6) is 0.962. The molecule has 0 bridgehead atoms. The Morgan fingerprint density at radius 2 is 1.37 bits per heavy atom. The molecule has 2 aromatic carbocycles. The molecular weight excluding hydrogens is 406 g/mol. The highest BCUT2D eigenvalue weighted by Crippen LogP contribution is 2.16. The number of hydrogen-bond donors (Lipinski definition) is 2. The molecule has 0 aliphatic carbocycles. The average molecular weight is 428 g/mol. The first-order chi connectivity index (χ1) is 14.1. The van der Waals surface area contributed by atoms with Gasteiger partial charge in [0.1, 0.15) is 17.1 Å². The van der Waals surface area contributed by atoms with Crippen molar-refractivity contribution in [2.24, 2.45) is 0 Å². The SMILES string of the molecule is COc1ccc(NC(=O)C[n+]2cccc(C(=O)Nc3ccc(OC)cc3)c2)cc1.[Cl-]. The Hall–Kier alpha value is -3.58. The van der Waals surface area contributed by atoms with Crippen molar-refractivity contribution < 1.29 is 36.0 Å². The number of rotatable bonds is 7. The van der Waals surface area contributed by atoms with E-state index in [1.165, 1.54) is 0 Å². The molecule has 0 unspecified atom stereocenters. The van der Waals surface area contributed by atoms with Crippen molar-refractivity contribution >= 4 is 23.2 Å². The predicted molar refractivity (Wildman–Crippen MR) is 109 cm³/mol. The summed E-state index contributed by atoms with van der Waals surface area (Å²) in [6.07, 6.45) is 3.37. The van der Waals surface area contributed by atoms with Gasteiger partial charge in [-0.15, -0.1) is 0 Å². The minimum atomic E-state index is -0.264. The zero-order valence-corrected chi connectivity index (χ0v) is 17.3. The Labute approximate surface area is 181 Å². The van der Waals surface area contributed by atoms with Gasteiger partial charge in [0.15, 0.2) is 12.4 Å². The lowest BCUT2D eigenvalue weighted by atomic mass is 10.2. The standard InChI is InChI=1S/C22H21N3O4.ClH/c1-28-19-9-5-17(6-10-19)23-21(26)15-25-13-3-4-16(14-25)22(27)24-18-7-11-20(29-2)12-8-18;/h3-14H,15H2,1-2H3,(H-,23,24,26,27);1H. The second-order valence-corrected chi connectivity index (χ2v) is 6.22. The molecule has 0 fully saturated rings. The van der Waals surface area contributed by atoms with Crippen LogP contribution in [0.3, 0.4) is 0 Å². The Kier molecular flexibility index (Phi) is 8.19. The average Bonchev–Trinajstić information content (AvgIpc) is 2.75. The molecule has 1 heterocycles. The molecule has 0 aliphatic rings. The maximum absolute atomic E-state index is 12.5. The van der Waals surface area contributed by atoms with Gasteiger partial charge >= 0.3 is 0 Å². The van der Waals surface area contributed by atoms with Gasteiger partial charge in [0.2, 0.25) is 6.54 Å². The van der Waals surface area contributed by atoms with Crippen molar-refractivity contribution in [3.05, 3.63) is 78.6 Å². The smallest absolute Gasteiger partial charge is 0.290 e. The van der Waals surface area contributed by atoms with Crippen molar-refractivity contribution in [2.75, 3.05) is 24.9 Å². The van der Waals surface area contributed by atoms with Crippen molar-refractivity contribution in [1.29, 1.82) is 0 Å². The van der Waals surface area contributed by atoms with Gasteiger partial charge in [-0.25, -0.2) is 0 Å². The summed E-state index contributed by atoms with van der Waals surface area (Å²) in [7, 11) is 3.17. The first-order valence-corrected chi connectivity index (χ1v) is 8.96. The number of aromatic nitrogens is 1. The van der Waals surface area contributed by atoms with Crippen molar-refractivity contribution in [3.8, 4) is 11.5 Å². The maximum Gasteiger partial charge on any atom is 0.290 e. The number of benzene rings is 2. The summed E-state index contributed by atoms with van der Waals surface area (Å²) >= 11 is 0. The van der Waals surface area contributed by atoms with E-state index < -0.39 is 0 Å². The number of amides is 2. The van der Waals surface area contributed by atoms with Gasteiger partial charge in [0.05, 0.1) is 14.2 Å². The number of ether oxygens (including phenoxy) is 2. The van der Waals surface area contributed by atoms with Crippen LogP contribution in [0.25, 0.3) is 0 Å². The van der Waals surface area contributed by atoms with Gasteiger partial charge in [-0.1, -0.05) is 0 Å². The maximum atomic E-state index is 12.5. The fourth-order valence-corrected chi connectivity index (χ4v) is 2.67. The number of pyridine rings is 1. The van der Waals surface area contributed by atoms with E-state index in [0.717, 1.165) is 0 Å². The highest BCUT2D eigenvalue weighted by atomic mass is 35.5. The quantitative estimate of drug-likeness (QED) is 0.515. The molecule has 0 saturated heterocycles. The molecule has 8 heteroatoms. The minimum absolute atomic E-state index is 0. The molecule has 0 radical (unpaired) electrons. The van der Waals surface area contributed by atoms with Gasteiger partial charge in [0.25, 0.3) is 11.8 Å². The highest BCUT2D eigenvalue weighted by molar-refractivity contribution is 6.03. The number of hydrogen-bond acceptors (Lipinski definition) is 4. The molecule has 156 valence electrons. The number of carbonyl (C=O) groups excluding carboxylic acids is 2. The van der Waals surface area contributed by atoms with Crippen molar-refractivity contribution in [3.63, 3.8) is 0 Å². The monoisotopic (exact) mass is 427 g/mol. The molecule has 0 aliphatic heterocycles. The normalized spacial score (nSPS) is 9.80. The van der Waals surface area contributed by atoms with E-state index in [0.29, 0.717) is 28.4 Å². The molecular formula is C22H22ClN3O4. The van der Waals surface area contributed by atoms with Crippen LogP contribution in [0.4, 0.5) is 11.4 Å².